The molecule has 0 heterocycles. The summed E-state index contributed by atoms with van der Waals surface area (Å²) in [5.74, 6) is -42.9. The summed E-state index contributed by atoms with van der Waals surface area (Å²) in [6, 6.07) is 0. The summed E-state index contributed by atoms with van der Waals surface area (Å²) in [7, 11) is 0. The maximum atomic E-state index is 13.8. The first-order chi connectivity index (χ1) is 16.5. The molecule has 0 saturated heterocycles. The molecule has 38 heavy (non-hydrogen) atoms. The van der Waals surface area contributed by atoms with Gasteiger partial charge in [-0.15, -0.1) is 0 Å². The highest BCUT2D eigenvalue weighted by Crippen LogP contribution is 2.55. The van der Waals surface area contributed by atoms with Gasteiger partial charge in [-0.05, 0) is 6.42 Å². The Labute approximate surface area is 199 Å². The Bertz CT molecular complexity index is 814. The Morgan fingerprint density at radius 2 is 1.05 bits per heavy atom. The van der Waals surface area contributed by atoms with Gasteiger partial charge >= 0.3 is 53.9 Å². The molecule has 0 aliphatic rings. The molecule has 21 heteroatoms. The van der Waals surface area contributed by atoms with E-state index in [0.717, 1.165) is 0 Å². The third-order valence-electron chi connectivity index (χ3n) is 4.44. The molecule has 1 unspecified atom stereocenters. The molecule has 0 saturated carbocycles. The van der Waals surface area contributed by atoms with E-state index in [4.69, 9.17) is 0 Å². The van der Waals surface area contributed by atoms with Crippen molar-refractivity contribution in [2.45, 2.75) is 73.3 Å². The number of carbonyl (C=O) groups excluding carboxylic acids is 1. The first-order valence-electron chi connectivity index (χ1n) is 9.34. The van der Waals surface area contributed by atoms with Crippen LogP contribution in [-0.2, 0) is 14.3 Å². The Morgan fingerprint density at radius 3 is 1.42 bits per heavy atom. The van der Waals surface area contributed by atoms with Crippen LogP contribution in [-0.4, -0.2) is 73.2 Å². The van der Waals surface area contributed by atoms with Crippen molar-refractivity contribution >= 4 is 5.97 Å². The van der Waals surface area contributed by atoms with Gasteiger partial charge in [0.25, 0.3) is 0 Å². The van der Waals surface area contributed by atoms with Crippen molar-refractivity contribution in [3.05, 3.63) is 12.7 Å². The van der Waals surface area contributed by atoms with Gasteiger partial charge in [-0.25, -0.2) is 4.79 Å². The molecule has 1 atom stereocenters. The number of alkyl halides is 18. The van der Waals surface area contributed by atoms with Crippen LogP contribution in [0.4, 0.5) is 79.0 Å². The Kier molecular flexibility index (Phi) is 10.6. The van der Waals surface area contributed by atoms with E-state index in [0.29, 0.717) is 0 Å². The highest BCUT2D eigenvalue weighted by atomic mass is 19.4. The summed E-state index contributed by atoms with van der Waals surface area (Å²) < 4.78 is 240. The quantitative estimate of drug-likeness (QED) is 0.0906. The highest BCUT2D eigenvalue weighted by Gasteiger charge is 2.82. The fourth-order valence-corrected chi connectivity index (χ4v) is 2.34. The van der Waals surface area contributed by atoms with Crippen molar-refractivity contribution in [1.29, 1.82) is 0 Å². The molecular formula is C17H14F18O3. The number of carbonyl (C=O) groups is 1. The number of ether oxygens (including phenoxy) is 2. The maximum Gasteiger partial charge on any atom is 0.460 e. The fourth-order valence-electron chi connectivity index (χ4n) is 2.34. The molecule has 3 nitrogen and oxygen atoms in total. The van der Waals surface area contributed by atoms with E-state index in [1.807, 2.05) is 0 Å². The minimum atomic E-state index is -7.33. The van der Waals surface area contributed by atoms with Gasteiger partial charge in [0.2, 0.25) is 0 Å². The number of esters is 1. The Morgan fingerprint density at radius 1 is 0.658 bits per heavy atom. The molecule has 0 fully saturated rings. The zero-order valence-electron chi connectivity index (χ0n) is 17.9. The molecule has 0 bridgehead atoms. The monoisotopic (exact) mass is 608 g/mol. The van der Waals surface area contributed by atoms with Gasteiger partial charge in [0.15, 0.2) is 0 Å². The second kappa shape index (κ2) is 11.2. The summed E-state index contributed by atoms with van der Waals surface area (Å²) in [6.07, 6.45) is -23.9. The fraction of sp³-hybridized carbons (Fsp3) is 0.824. The van der Waals surface area contributed by atoms with Crippen molar-refractivity contribution in [3.8, 4) is 0 Å². The van der Waals surface area contributed by atoms with Crippen molar-refractivity contribution in [2.24, 2.45) is 0 Å². The van der Waals surface area contributed by atoms with E-state index in [-0.39, 0.29) is 6.08 Å². The van der Waals surface area contributed by atoms with Crippen LogP contribution >= 0.6 is 0 Å². The molecule has 0 aliphatic heterocycles. The van der Waals surface area contributed by atoms with Crippen LogP contribution in [0.2, 0.25) is 0 Å². The van der Waals surface area contributed by atoms with Crippen LogP contribution in [0.25, 0.3) is 0 Å². The molecule has 0 amide bonds. The lowest BCUT2D eigenvalue weighted by molar-refractivity contribution is -0.398. The molecular weight excluding hydrogens is 594 g/mol. The molecule has 0 radical (unpaired) electrons. The standard InChI is InChI=1S/C17H14F18O3/c1-2-9(36)38-8(6-11(20,21)13(24,25)15(28,29)17(33,34)35)7-37-5-3-4-10(18,19)12(22,23)14(26,27)16(30,31)32/h2,8H,1,3-7H2. The summed E-state index contributed by atoms with van der Waals surface area (Å²) >= 11 is 0. The second-order valence-electron chi connectivity index (χ2n) is 7.35. The highest BCUT2D eigenvalue weighted by molar-refractivity contribution is 5.81. The van der Waals surface area contributed by atoms with Gasteiger partial charge < -0.3 is 9.47 Å². The average molecular weight is 608 g/mol. The molecule has 0 aromatic rings. The van der Waals surface area contributed by atoms with E-state index >= 15 is 0 Å². The van der Waals surface area contributed by atoms with Crippen LogP contribution in [0.3, 0.4) is 0 Å². The molecule has 0 N–H and O–H groups in total. The largest absolute Gasteiger partial charge is 0.460 e. The predicted molar refractivity (Wildman–Crippen MR) is 86.5 cm³/mol. The van der Waals surface area contributed by atoms with Crippen LogP contribution in [0.5, 0.6) is 0 Å². The maximum absolute atomic E-state index is 13.8. The lowest BCUT2D eigenvalue weighted by atomic mass is 9.98. The van der Waals surface area contributed by atoms with Gasteiger partial charge in [0, 0.05) is 19.1 Å². The van der Waals surface area contributed by atoms with E-state index in [2.05, 4.69) is 16.1 Å². The first kappa shape index (κ1) is 35.9. The number of rotatable bonds is 14. The lowest BCUT2D eigenvalue weighted by Crippen LogP contribution is -2.61. The molecule has 0 spiro atoms. The first-order valence-corrected chi connectivity index (χ1v) is 9.34. The van der Waals surface area contributed by atoms with Crippen LogP contribution in [0.1, 0.15) is 19.3 Å². The number of halogens is 18. The van der Waals surface area contributed by atoms with Gasteiger partial charge in [-0.2, -0.15) is 79.0 Å². The van der Waals surface area contributed by atoms with Crippen molar-refractivity contribution < 1.29 is 93.3 Å². The van der Waals surface area contributed by atoms with Gasteiger partial charge in [-0.3, -0.25) is 0 Å². The van der Waals surface area contributed by atoms with Crippen LogP contribution in [0.15, 0.2) is 12.7 Å². The number of hydrogen-bond donors (Lipinski definition) is 0. The minimum absolute atomic E-state index is 0.150. The van der Waals surface area contributed by atoms with E-state index in [1.165, 1.54) is 0 Å². The molecule has 0 aliphatic carbocycles. The average Bonchev–Trinajstić information content (AvgIpc) is 2.70. The Balaban J connectivity index is 5.48. The zero-order chi connectivity index (χ0) is 30.8. The summed E-state index contributed by atoms with van der Waals surface area (Å²) in [5, 5.41) is 0. The normalized spacial score (nSPS) is 15.8. The van der Waals surface area contributed by atoms with E-state index < -0.39 is 92.4 Å². The Hall–Kier alpha value is -2.09. The van der Waals surface area contributed by atoms with Gasteiger partial charge in [-0.1, -0.05) is 6.58 Å². The number of hydrogen-bond acceptors (Lipinski definition) is 3. The SMILES string of the molecule is C=CC(=O)OC(COCCCC(F)(F)C(F)(F)C(F)(F)C(F)(F)F)CC(F)(F)C(F)(F)C(F)(F)C(F)(F)F. The molecule has 226 valence electrons. The topological polar surface area (TPSA) is 35.5 Å². The van der Waals surface area contributed by atoms with Gasteiger partial charge in [0.05, 0.1) is 13.0 Å². The summed E-state index contributed by atoms with van der Waals surface area (Å²) in [4.78, 5) is 11.1. The van der Waals surface area contributed by atoms with E-state index in [1.54, 1.807) is 0 Å². The summed E-state index contributed by atoms with van der Waals surface area (Å²) in [5.41, 5.74) is 0. The van der Waals surface area contributed by atoms with Crippen molar-refractivity contribution in [2.75, 3.05) is 13.2 Å². The lowest BCUT2D eigenvalue weighted by Gasteiger charge is -2.35. The van der Waals surface area contributed by atoms with Crippen molar-refractivity contribution in [3.63, 3.8) is 0 Å². The van der Waals surface area contributed by atoms with Crippen LogP contribution in [0, 0.1) is 0 Å². The third-order valence-corrected chi connectivity index (χ3v) is 4.44. The van der Waals surface area contributed by atoms with Gasteiger partial charge in [0.1, 0.15) is 6.10 Å². The second-order valence-corrected chi connectivity index (χ2v) is 7.35. The van der Waals surface area contributed by atoms with Crippen LogP contribution < -0.4 is 0 Å². The third kappa shape index (κ3) is 7.10. The smallest absolute Gasteiger partial charge is 0.457 e. The molecule has 0 aromatic heterocycles. The minimum Gasteiger partial charge on any atom is -0.457 e. The van der Waals surface area contributed by atoms with Crippen molar-refractivity contribution in [1.82, 2.24) is 0 Å². The predicted octanol–water partition coefficient (Wildman–Crippen LogP) is 7.21. The molecule has 0 aromatic carbocycles. The molecule has 0 rings (SSSR count). The zero-order valence-corrected chi connectivity index (χ0v) is 17.9. The summed E-state index contributed by atoms with van der Waals surface area (Å²) in [6.45, 7) is -0.418. The van der Waals surface area contributed by atoms with E-state index in [9.17, 15) is 83.8 Å².